The molecular formula is C24H25ClN8O2S. The SMILES string of the molecule is C#S(=O)N1CCN(c2cc(Nc3cc(C4CC4)[nH]n3)nc(Oc3ccc4[nH]c(C)cc4c3Cl)n2)CC1. The van der Waals surface area contributed by atoms with Crippen LogP contribution in [0.2, 0.25) is 5.02 Å². The summed E-state index contributed by atoms with van der Waals surface area (Å²) >= 11 is 6.66. The highest BCUT2D eigenvalue weighted by atomic mass is 35.5. The second kappa shape index (κ2) is 9.18. The molecule has 12 heteroatoms. The molecule has 6 rings (SSSR count). The highest BCUT2D eigenvalue weighted by molar-refractivity contribution is 7.71. The number of aromatic nitrogens is 5. The van der Waals surface area contributed by atoms with Gasteiger partial charge in [0.25, 0.3) is 0 Å². The summed E-state index contributed by atoms with van der Waals surface area (Å²) in [4.78, 5) is 14.6. The molecule has 2 fully saturated rings. The summed E-state index contributed by atoms with van der Waals surface area (Å²) in [5.41, 5.74) is 8.62. The van der Waals surface area contributed by atoms with E-state index >= 15 is 0 Å². The van der Waals surface area contributed by atoms with Crippen LogP contribution in [0.5, 0.6) is 11.8 Å². The van der Waals surface area contributed by atoms with Crippen LogP contribution >= 0.6 is 11.6 Å². The number of anilines is 3. The summed E-state index contributed by atoms with van der Waals surface area (Å²) in [6, 6.07) is 9.72. The Hall–Kier alpha value is -3.50. The summed E-state index contributed by atoms with van der Waals surface area (Å²) in [6.07, 6.45) is 2.37. The molecule has 1 aliphatic carbocycles. The second-order valence-electron chi connectivity index (χ2n) is 9.09. The van der Waals surface area contributed by atoms with E-state index in [4.69, 9.17) is 22.0 Å². The van der Waals surface area contributed by atoms with Crippen LogP contribution in [-0.2, 0) is 10.4 Å². The molecule has 36 heavy (non-hydrogen) atoms. The minimum atomic E-state index is -1.49. The number of nitrogens with zero attached hydrogens (tertiary/aromatic N) is 5. The van der Waals surface area contributed by atoms with E-state index in [1.807, 2.05) is 31.2 Å². The summed E-state index contributed by atoms with van der Waals surface area (Å²) in [6.45, 7) is 4.33. The first-order valence-electron chi connectivity index (χ1n) is 11.8. The van der Waals surface area contributed by atoms with E-state index in [0.717, 1.165) is 22.3 Å². The van der Waals surface area contributed by atoms with E-state index in [0.29, 0.717) is 60.3 Å². The number of aromatic amines is 2. The van der Waals surface area contributed by atoms with Crippen molar-refractivity contribution in [3.05, 3.63) is 46.7 Å². The van der Waals surface area contributed by atoms with Gasteiger partial charge < -0.3 is 19.9 Å². The minimum Gasteiger partial charge on any atom is -0.423 e. The van der Waals surface area contributed by atoms with E-state index in [9.17, 15) is 4.21 Å². The Bertz CT molecular complexity index is 1570. The third-order valence-electron chi connectivity index (χ3n) is 6.42. The fourth-order valence-electron chi connectivity index (χ4n) is 4.38. The molecule has 4 aromatic rings. The van der Waals surface area contributed by atoms with Gasteiger partial charge in [0.2, 0.25) is 0 Å². The Balaban J connectivity index is 1.31. The van der Waals surface area contributed by atoms with Crippen LogP contribution in [0, 0.1) is 12.6 Å². The first-order valence-corrected chi connectivity index (χ1v) is 13.3. The zero-order chi connectivity index (χ0) is 24.8. The van der Waals surface area contributed by atoms with E-state index < -0.39 is 10.4 Å². The van der Waals surface area contributed by atoms with Crippen molar-refractivity contribution in [1.29, 1.82) is 0 Å². The molecule has 1 saturated heterocycles. The number of nitrogens with one attached hydrogen (secondary N) is 3. The highest BCUT2D eigenvalue weighted by Gasteiger charge is 2.26. The van der Waals surface area contributed by atoms with Crippen molar-refractivity contribution in [2.45, 2.75) is 25.7 Å². The maximum atomic E-state index is 11.7. The molecule has 1 aromatic carbocycles. The van der Waals surface area contributed by atoms with Gasteiger partial charge in [0, 0.05) is 66.5 Å². The normalized spacial score (nSPS) is 16.4. The Labute approximate surface area is 214 Å². The smallest absolute Gasteiger partial charge is 0.325 e. The lowest BCUT2D eigenvalue weighted by Crippen LogP contribution is -2.45. The predicted molar refractivity (Wildman–Crippen MR) is 141 cm³/mol. The minimum absolute atomic E-state index is 0.159. The lowest BCUT2D eigenvalue weighted by atomic mass is 10.2. The number of benzene rings is 1. The topological polar surface area (TPSA) is 115 Å². The van der Waals surface area contributed by atoms with Gasteiger partial charge in [-0.1, -0.05) is 17.3 Å². The number of hydrogen-bond acceptors (Lipinski definition) is 7. The summed E-state index contributed by atoms with van der Waals surface area (Å²) in [7, 11) is -1.49. The average molecular weight is 525 g/mol. The zero-order valence-electron chi connectivity index (χ0n) is 19.6. The van der Waals surface area contributed by atoms with Gasteiger partial charge in [0.15, 0.2) is 5.82 Å². The average Bonchev–Trinajstić information content (AvgIpc) is 3.49. The number of aryl methyl sites for hydroxylation is 1. The van der Waals surface area contributed by atoms with Crippen LogP contribution in [0.3, 0.4) is 0 Å². The standard InChI is InChI=1S/C24H25ClN8O2S/c1-14-11-16-17(26-14)5-6-19(23(16)25)35-24-28-20(27-21-12-18(30-31-21)15-3-4-15)13-22(29-24)32-7-9-33(10-8-32)36(2)34/h2,5-6,11-13,15,26H,3-4,7-10H2,1H3,(H2,27,28,29,30,31). The van der Waals surface area contributed by atoms with Gasteiger partial charge >= 0.3 is 6.01 Å². The molecule has 4 heterocycles. The Morgan fingerprint density at radius 2 is 1.94 bits per heavy atom. The van der Waals surface area contributed by atoms with E-state index in [1.165, 1.54) is 12.8 Å². The van der Waals surface area contributed by atoms with E-state index in [2.05, 4.69) is 35.4 Å². The number of ether oxygens (including phenoxy) is 1. The van der Waals surface area contributed by atoms with E-state index in [-0.39, 0.29) is 6.01 Å². The van der Waals surface area contributed by atoms with Gasteiger partial charge in [-0.05, 0) is 38.0 Å². The monoisotopic (exact) mass is 524 g/mol. The number of hydrogen-bond donors (Lipinski definition) is 3. The molecule has 0 unspecified atom stereocenters. The fraction of sp³-hybridized carbons (Fsp3) is 0.333. The lowest BCUT2D eigenvalue weighted by Gasteiger charge is -2.32. The van der Waals surface area contributed by atoms with Crippen molar-refractivity contribution >= 4 is 50.4 Å². The maximum Gasteiger partial charge on any atom is 0.325 e. The molecule has 0 amide bonds. The quantitative estimate of drug-likeness (QED) is 0.342. The molecule has 0 radical (unpaired) electrons. The molecule has 186 valence electrons. The second-order valence-corrected chi connectivity index (χ2v) is 10.5. The van der Waals surface area contributed by atoms with Crippen molar-refractivity contribution in [3.8, 4) is 17.4 Å². The molecular weight excluding hydrogens is 500 g/mol. The van der Waals surface area contributed by atoms with Crippen LogP contribution in [0.4, 0.5) is 17.5 Å². The molecule has 3 N–H and O–H groups in total. The van der Waals surface area contributed by atoms with Crippen molar-refractivity contribution in [1.82, 2.24) is 29.5 Å². The van der Waals surface area contributed by atoms with Gasteiger partial charge in [-0.15, -0.1) is 0 Å². The Kier molecular flexibility index (Phi) is 5.85. The predicted octanol–water partition coefficient (Wildman–Crippen LogP) is 4.43. The molecule has 1 saturated carbocycles. The first kappa shape index (κ1) is 22.9. The van der Waals surface area contributed by atoms with Crippen molar-refractivity contribution in [3.63, 3.8) is 0 Å². The van der Waals surface area contributed by atoms with Gasteiger partial charge in [-0.3, -0.25) is 5.10 Å². The third-order valence-corrected chi connectivity index (χ3v) is 7.68. The Morgan fingerprint density at radius 1 is 1.14 bits per heavy atom. The molecule has 0 atom stereocenters. The van der Waals surface area contributed by atoms with Crippen LogP contribution in [-0.4, -0.2) is 59.8 Å². The van der Waals surface area contributed by atoms with Crippen molar-refractivity contribution in [2.75, 3.05) is 36.4 Å². The maximum absolute atomic E-state index is 11.7. The molecule has 1 aliphatic heterocycles. The van der Waals surface area contributed by atoms with Crippen LogP contribution < -0.4 is 15.0 Å². The number of rotatable bonds is 6. The fourth-order valence-corrected chi connectivity index (χ4v) is 5.16. The number of halogens is 1. The Morgan fingerprint density at radius 3 is 2.69 bits per heavy atom. The lowest BCUT2D eigenvalue weighted by molar-refractivity contribution is 0.411. The van der Waals surface area contributed by atoms with Crippen LogP contribution in [0.1, 0.15) is 30.1 Å². The zero-order valence-corrected chi connectivity index (χ0v) is 21.2. The van der Waals surface area contributed by atoms with Gasteiger partial charge in [0.05, 0.1) is 15.4 Å². The number of piperazine rings is 1. The summed E-state index contributed by atoms with van der Waals surface area (Å²) in [5.74, 6) is 2.93. The summed E-state index contributed by atoms with van der Waals surface area (Å²) in [5, 5.41) is 12.1. The van der Waals surface area contributed by atoms with Crippen molar-refractivity contribution in [2.24, 2.45) is 0 Å². The largest absolute Gasteiger partial charge is 0.423 e. The van der Waals surface area contributed by atoms with Crippen LogP contribution in [0.15, 0.2) is 30.3 Å². The molecule has 2 aliphatic rings. The van der Waals surface area contributed by atoms with Crippen LogP contribution in [0.25, 0.3) is 10.9 Å². The van der Waals surface area contributed by atoms with E-state index in [1.54, 1.807) is 10.4 Å². The first-order chi connectivity index (χ1) is 17.4. The van der Waals surface area contributed by atoms with Gasteiger partial charge in [0.1, 0.15) is 17.4 Å². The number of H-pyrrole nitrogens is 2. The third kappa shape index (κ3) is 4.66. The van der Waals surface area contributed by atoms with Crippen molar-refractivity contribution < 1.29 is 8.95 Å². The van der Waals surface area contributed by atoms with Gasteiger partial charge in [-0.2, -0.15) is 19.4 Å². The molecule has 3 aromatic heterocycles. The molecule has 0 bridgehead atoms. The summed E-state index contributed by atoms with van der Waals surface area (Å²) < 4.78 is 19.5. The molecule has 10 nitrogen and oxygen atoms in total. The molecule has 0 spiro atoms. The highest BCUT2D eigenvalue weighted by Crippen LogP contribution is 2.40. The van der Waals surface area contributed by atoms with Gasteiger partial charge in [-0.25, -0.2) is 4.21 Å². The number of fused-ring (bicyclic) bond motifs is 1.